The average molecular weight is 396 g/mol. The Morgan fingerprint density at radius 2 is 1.86 bits per heavy atom. The van der Waals surface area contributed by atoms with E-state index >= 15 is 0 Å². The molecular formula is C21H21FN4OS. The second-order valence-electron chi connectivity index (χ2n) is 6.92. The highest BCUT2D eigenvalue weighted by Gasteiger charge is 2.31. The summed E-state index contributed by atoms with van der Waals surface area (Å²) in [6.45, 7) is 0.241. The molecule has 1 fully saturated rings. The summed E-state index contributed by atoms with van der Waals surface area (Å²) in [6, 6.07) is 16.5. The summed E-state index contributed by atoms with van der Waals surface area (Å²) in [6.07, 6.45) is 2.25. The quantitative estimate of drug-likeness (QED) is 0.566. The molecule has 0 unspecified atom stereocenters. The molecule has 2 aromatic carbocycles. The van der Waals surface area contributed by atoms with Gasteiger partial charge >= 0.3 is 0 Å². The van der Waals surface area contributed by atoms with Crippen LogP contribution in [0.25, 0.3) is 5.69 Å². The SMILES string of the molecule is CN(Cc1ccccc1F)C(=O)CSc1nnc(C2CC2)n1-c1ccccc1. The lowest BCUT2D eigenvalue weighted by molar-refractivity contribution is -0.127. The zero-order valence-electron chi connectivity index (χ0n) is 15.6. The van der Waals surface area contributed by atoms with E-state index < -0.39 is 0 Å². The minimum absolute atomic E-state index is 0.0798. The number of amides is 1. The molecule has 5 nitrogen and oxygen atoms in total. The summed E-state index contributed by atoms with van der Waals surface area (Å²) in [4.78, 5) is 14.1. The molecule has 1 aromatic heterocycles. The van der Waals surface area contributed by atoms with Gasteiger partial charge in [-0.1, -0.05) is 48.2 Å². The maximum atomic E-state index is 13.8. The second kappa shape index (κ2) is 8.14. The molecule has 3 aromatic rings. The Bertz CT molecular complexity index is 972. The van der Waals surface area contributed by atoms with Crippen LogP contribution in [-0.4, -0.2) is 38.4 Å². The Balaban J connectivity index is 1.46. The van der Waals surface area contributed by atoms with Gasteiger partial charge in [0.2, 0.25) is 5.91 Å². The van der Waals surface area contributed by atoms with Gasteiger partial charge in [-0.3, -0.25) is 9.36 Å². The number of thioether (sulfide) groups is 1. The number of carbonyl (C=O) groups is 1. The molecule has 28 heavy (non-hydrogen) atoms. The minimum Gasteiger partial charge on any atom is -0.341 e. The van der Waals surface area contributed by atoms with Crippen molar-refractivity contribution in [2.75, 3.05) is 12.8 Å². The first-order chi connectivity index (χ1) is 13.6. The zero-order chi connectivity index (χ0) is 19.5. The highest BCUT2D eigenvalue weighted by Crippen LogP contribution is 2.41. The number of nitrogens with zero attached hydrogens (tertiary/aromatic N) is 4. The van der Waals surface area contributed by atoms with Crippen molar-refractivity contribution in [2.45, 2.75) is 30.5 Å². The number of halogens is 1. The van der Waals surface area contributed by atoms with Crippen LogP contribution in [0, 0.1) is 5.82 Å². The lowest BCUT2D eigenvalue weighted by Gasteiger charge is -2.17. The fraction of sp³-hybridized carbons (Fsp3) is 0.286. The van der Waals surface area contributed by atoms with Crippen LogP contribution in [0.4, 0.5) is 4.39 Å². The Kier molecular flexibility index (Phi) is 5.43. The normalized spacial score (nSPS) is 13.5. The van der Waals surface area contributed by atoms with Crippen LogP contribution in [0.15, 0.2) is 59.8 Å². The predicted octanol–water partition coefficient (Wildman–Crippen LogP) is 4.03. The van der Waals surface area contributed by atoms with Crippen molar-refractivity contribution < 1.29 is 9.18 Å². The molecule has 1 saturated carbocycles. The van der Waals surface area contributed by atoms with Crippen LogP contribution in [0.3, 0.4) is 0 Å². The van der Waals surface area contributed by atoms with Crippen molar-refractivity contribution >= 4 is 17.7 Å². The van der Waals surface area contributed by atoms with Crippen LogP contribution >= 0.6 is 11.8 Å². The Hall–Kier alpha value is -2.67. The molecule has 1 amide bonds. The van der Waals surface area contributed by atoms with E-state index in [-0.39, 0.29) is 24.0 Å². The van der Waals surface area contributed by atoms with Gasteiger partial charge in [-0.15, -0.1) is 10.2 Å². The van der Waals surface area contributed by atoms with Gasteiger partial charge in [0.15, 0.2) is 5.16 Å². The van der Waals surface area contributed by atoms with Crippen molar-refractivity contribution in [2.24, 2.45) is 0 Å². The van der Waals surface area contributed by atoms with E-state index in [1.54, 1.807) is 25.2 Å². The van der Waals surface area contributed by atoms with Crippen LogP contribution in [0.1, 0.15) is 30.1 Å². The molecule has 0 atom stereocenters. The number of carbonyl (C=O) groups excluding carboxylic acids is 1. The third kappa shape index (κ3) is 4.09. The standard InChI is InChI=1S/C21H21FN4OS/c1-25(13-16-7-5-6-10-18(16)22)19(27)14-28-21-24-23-20(15-11-12-15)26(21)17-8-3-2-4-9-17/h2-10,15H,11-14H2,1H3. The third-order valence-corrected chi connectivity index (χ3v) is 5.64. The molecule has 0 N–H and O–H groups in total. The first-order valence-corrected chi connectivity index (χ1v) is 10.2. The minimum atomic E-state index is -0.298. The van der Waals surface area contributed by atoms with E-state index in [9.17, 15) is 9.18 Å². The molecule has 1 aliphatic rings. The molecule has 0 saturated heterocycles. The first-order valence-electron chi connectivity index (χ1n) is 9.24. The van der Waals surface area contributed by atoms with E-state index in [0.29, 0.717) is 16.6 Å². The predicted molar refractivity (Wildman–Crippen MR) is 107 cm³/mol. The van der Waals surface area contributed by atoms with E-state index in [4.69, 9.17) is 0 Å². The molecule has 7 heteroatoms. The van der Waals surface area contributed by atoms with Crippen LogP contribution in [0.2, 0.25) is 0 Å². The average Bonchev–Trinajstić information content (AvgIpc) is 3.47. The Morgan fingerprint density at radius 3 is 2.57 bits per heavy atom. The van der Waals surface area contributed by atoms with Gasteiger partial charge in [-0.05, 0) is 31.0 Å². The lowest BCUT2D eigenvalue weighted by atomic mass is 10.2. The number of para-hydroxylation sites is 1. The van der Waals surface area contributed by atoms with Crippen molar-refractivity contribution in [1.29, 1.82) is 0 Å². The highest BCUT2D eigenvalue weighted by atomic mass is 32.2. The molecular weight excluding hydrogens is 375 g/mol. The van der Waals surface area contributed by atoms with Gasteiger partial charge in [0.05, 0.1) is 5.75 Å². The molecule has 0 radical (unpaired) electrons. The lowest BCUT2D eigenvalue weighted by Crippen LogP contribution is -2.28. The molecule has 1 aliphatic carbocycles. The summed E-state index contributed by atoms with van der Waals surface area (Å²) in [7, 11) is 1.69. The van der Waals surface area contributed by atoms with Crippen LogP contribution < -0.4 is 0 Å². The zero-order valence-corrected chi connectivity index (χ0v) is 16.4. The fourth-order valence-corrected chi connectivity index (χ4v) is 3.91. The molecule has 144 valence electrons. The smallest absolute Gasteiger partial charge is 0.233 e. The number of rotatable bonds is 7. The molecule has 4 rings (SSSR count). The first kappa shape index (κ1) is 18.7. The highest BCUT2D eigenvalue weighted by molar-refractivity contribution is 7.99. The molecule has 0 aliphatic heterocycles. The van der Waals surface area contributed by atoms with E-state index in [1.165, 1.54) is 22.7 Å². The summed E-state index contributed by atoms with van der Waals surface area (Å²) in [5.74, 6) is 1.25. The van der Waals surface area contributed by atoms with Gasteiger partial charge in [0.1, 0.15) is 11.6 Å². The maximum Gasteiger partial charge on any atom is 0.233 e. The summed E-state index contributed by atoms with van der Waals surface area (Å²) in [5.41, 5.74) is 1.51. The largest absolute Gasteiger partial charge is 0.341 e. The Labute approximate surface area is 167 Å². The monoisotopic (exact) mass is 396 g/mol. The fourth-order valence-electron chi connectivity index (χ4n) is 3.01. The van der Waals surface area contributed by atoms with Gasteiger partial charge in [-0.2, -0.15) is 0 Å². The van der Waals surface area contributed by atoms with Crippen molar-refractivity contribution in [3.8, 4) is 5.69 Å². The number of hydrogen-bond donors (Lipinski definition) is 0. The van der Waals surface area contributed by atoms with Gasteiger partial charge in [0.25, 0.3) is 0 Å². The third-order valence-electron chi connectivity index (χ3n) is 4.73. The van der Waals surface area contributed by atoms with Gasteiger partial charge in [0, 0.05) is 30.8 Å². The van der Waals surface area contributed by atoms with Crippen molar-refractivity contribution in [3.05, 3.63) is 71.8 Å². The van der Waals surface area contributed by atoms with E-state index in [0.717, 1.165) is 24.4 Å². The number of benzene rings is 2. The van der Waals surface area contributed by atoms with Crippen LogP contribution in [0.5, 0.6) is 0 Å². The van der Waals surface area contributed by atoms with Crippen LogP contribution in [-0.2, 0) is 11.3 Å². The number of hydrogen-bond acceptors (Lipinski definition) is 4. The summed E-state index contributed by atoms with van der Waals surface area (Å²) >= 11 is 1.36. The van der Waals surface area contributed by atoms with Crippen molar-refractivity contribution in [1.82, 2.24) is 19.7 Å². The molecule has 0 bridgehead atoms. The summed E-state index contributed by atoms with van der Waals surface area (Å²) < 4.78 is 15.9. The van der Waals surface area contributed by atoms with Gasteiger partial charge in [-0.25, -0.2) is 4.39 Å². The number of aromatic nitrogens is 3. The molecule has 1 heterocycles. The van der Waals surface area contributed by atoms with E-state index in [1.807, 2.05) is 34.9 Å². The molecule has 0 spiro atoms. The Morgan fingerprint density at radius 1 is 1.14 bits per heavy atom. The topological polar surface area (TPSA) is 51.0 Å². The van der Waals surface area contributed by atoms with E-state index in [2.05, 4.69) is 10.2 Å². The second-order valence-corrected chi connectivity index (χ2v) is 7.86. The maximum absolute atomic E-state index is 13.8. The summed E-state index contributed by atoms with van der Waals surface area (Å²) in [5, 5.41) is 9.41. The van der Waals surface area contributed by atoms with Crippen molar-refractivity contribution in [3.63, 3.8) is 0 Å². The van der Waals surface area contributed by atoms with Gasteiger partial charge < -0.3 is 4.90 Å².